The molecule has 2 aromatic carbocycles. The van der Waals surface area contributed by atoms with Crippen molar-refractivity contribution in [2.45, 2.75) is 45.4 Å². The number of hydrogen-bond donors (Lipinski definition) is 1. The molecule has 27 heavy (non-hydrogen) atoms. The second-order valence-electron chi connectivity index (χ2n) is 7.35. The number of carbonyl (C=O) groups is 1. The summed E-state index contributed by atoms with van der Waals surface area (Å²) in [6.45, 7) is 9.66. The zero-order chi connectivity index (χ0) is 20.5. The number of nitrogens with one attached hydrogen (secondary N) is 1. The van der Waals surface area contributed by atoms with Crippen molar-refractivity contribution in [3.63, 3.8) is 0 Å². The quantitative estimate of drug-likeness (QED) is 0.833. The first-order valence-corrected chi connectivity index (χ1v) is 10.4. The predicted octanol–water partition coefficient (Wildman–Crippen LogP) is 4.24. The van der Waals surface area contributed by atoms with Crippen molar-refractivity contribution >= 4 is 21.6 Å². The third-order valence-corrected chi connectivity index (χ3v) is 6.75. The van der Waals surface area contributed by atoms with E-state index in [-0.39, 0.29) is 16.7 Å². The maximum absolute atomic E-state index is 12.9. The minimum absolute atomic E-state index is 0.159. The Morgan fingerprint density at radius 1 is 1.04 bits per heavy atom. The molecule has 0 radical (unpaired) electrons. The van der Waals surface area contributed by atoms with E-state index < -0.39 is 10.0 Å². The van der Waals surface area contributed by atoms with Crippen LogP contribution in [0.2, 0.25) is 0 Å². The van der Waals surface area contributed by atoms with Crippen LogP contribution in [-0.2, 0) is 10.0 Å². The monoisotopic (exact) mass is 388 g/mol. The molecule has 0 bridgehead atoms. The molecule has 0 aromatic heterocycles. The third-order valence-electron chi connectivity index (χ3n) is 4.81. The van der Waals surface area contributed by atoms with Gasteiger partial charge in [0.15, 0.2) is 0 Å². The highest BCUT2D eigenvalue weighted by molar-refractivity contribution is 7.89. The van der Waals surface area contributed by atoms with E-state index in [4.69, 9.17) is 0 Å². The zero-order valence-corrected chi connectivity index (χ0v) is 17.9. The Morgan fingerprint density at radius 2 is 1.67 bits per heavy atom. The van der Waals surface area contributed by atoms with Gasteiger partial charge in [0.1, 0.15) is 0 Å². The fourth-order valence-corrected chi connectivity index (χ4v) is 4.17. The number of nitrogens with zero attached hydrogens (tertiary/aromatic N) is 1. The summed E-state index contributed by atoms with van der Waals surface area (Å²) in [7, 11) is -0.665. The Balaban J connectivity index is 2.52. The van der Waals surface area contributed by atoms with Crippen LogP contribution in [0, 0.1) is 20.8 Å². The number of benzene rings is 2. The van der Waals surface area contributed by atoms with Crippen LogP contribution in [0.3, 0.4) is 0 Å². The summed E-state index contributed by atoms with van der Waals surface area (Å²) in [4.78, 5) is 13.1. The summed E-state index contributed by atoms with van der Waals surface area (Å²) >= 11 is 0. The van der Waals surface area contributed by atoms with Crippen molar-refractivity contribution in [3.05, 3.63) is 58.1 Å². The molecular formula is C21H28N2O3S. The van der Waals surface area contributed by atoms with Crippen LogP contribution in [-0.4, -0.2) is 32.7 Å². The standard InChI is InChI=1S/C21H28N2O3S/c1-13(2)18-10-8-9-14(3)20(18)22-21(24)17-11-15(4)16(5)19(12-17)27(25,26)23(6)7/h8-13H,1-7H3,(H,22,24). The van der Waals surface area contributed by atoms with Crippen molar-refractivity contribution in [1.82, 2.24) is 4.31 Å². The van der Waals surface area contributed by atoms with E-state index in [1.807, 2.05) is 32.0 Å². The molecule has 0 saturated carbocycles. The highest BCUT2D eigenvalue weighted by atomic mass is 32.2. The topological polar surface area (TPSA) is 66.5 Å². The van der Waals surface area contributed by atoms with Crippen molar-refractivity contribution in [2.75, 3.05) is 19.4 Å². The maximum atomic E-state index is 12.9. The van der Waals surface area contributed by atoms with Gasteiger partial charge in [-0.05, 0) is 61.1 Å². The molecule has 0 fully saturated rings. The van der Waals surface area contributed by atoms with Crippen LogP contribution in [0.4, 0.5) is 5.69 Å². The normalized spacial score (nSPS) is 11.9. The second-order valence-corrected chi connectivity index (χ2v) is 9.47. The molecule has 0 atom stereocenters. The van der Waals surface area contributed by atoms with Crippen LogP contribution in [0.25, 0.3) is 0 Å². The molecule has 0 aliphatic rings. The van der Waals surface area contributed by atoms with Crippen molar-refractivity contribution in [1.29, 1.82) is 0 Å². The number of rotatable bonds is 5. The van der Waals surface area contributed by atoms with Gasteiger partial charge in [0.2, 0.25) is 10.0 Å². The summed E-state index contributed by atoms with van der Waals surface area (Å²) in [5.41, 5.74) is 4.55. The van der Waals surface area contributed by atoms with Gasteiger partial charge in [0.05, 0.1) is 4.90 Å². The lowest BCUT2D eigenvalue weighted by Crippen LogP contribution is -2.24. The van der Waals surface area contributed by atoms with Gasteiger partial charge in [-0.2, -0.15) is 0 Å². The van der Waals surface area contributed by atoms with Crippen LogP contribution in [0.1, 0.15) is 52.4 Å². The lowest BCUT2D eigenvalue weighted by molar-refractivity contribution is 0.102. The highest BCUT2D eigenvalue weighted by Crippen LogP contribution is 2.29. The lowest BCUT2D eigenvalue weighted by Gasteiger charge is -2.18. The third kappa shape index (κ3) is 4.22. The van der Waals surface area contributed by atoms with Crippen LogP contribution < -0.4 is 5.32 Å². The first-order valence-electron chi connectivity index (χ1n) is 8.91. The lowest BCUT2D eigenvalue weighted by atomic mass is 9.97. The Bertz CT molecular complexity index is 977. The number of amides is 1. The minimum Gasteiger partial charge on any atom is -0.321 e. The molecule has 1 amide bonds. The minimum atomic E-state index is -3.64. The van der Waals surface area contributed by atoms with Crippen molar-refractivity contribution in [3.8, 4) is 0 Å². The van der Waals surface area contributed by atoms with E-state index in [0.717, 1.165) is 26.7 Å². The first kappa shape index (κ1) is 21.1. The molecule has 0 heterocycles. The van der Waals surface area contributed by atoms with Gasteiger partial charge < -0.3 is 5.32 Å². The SMILES string of the molecule is Cc1cc(C(=O)Nc2c(C)cccc2C(C)C)cc(S(=O)(=O)N(C)C)c1C. The molecule has 0 aliphatic carbocycles. The largest absolute Gasteiger partial charge is 0.321 e. The summed E-state index contributed by atoms with van der Waals surface area (Å²) in [6, 6.07) is 9.10. The Hall–Kier alpha value is -2.18. The molecule has 2 rings (SSSR count). The molecule has 5 nitrogen and oxygen atoms in total. The molecule has 0 spiro atoms. The van der Waals surface area contributed by atoms with Gasteiger partial charge >= 0.3 is 0 Å². The van der Waals surface area contributed by atoms with Crippen LogP contribution >= 0.6 is 0 Å². The number of sulfonamides is 1. The smallest absolute Gasteiger partial charge is 0.255 e. The highest BCUT2D eigenvalue weighted by Gasteiger charge is 2.23. The van der Waals surface area contributed by atoms with Crippen LogP contribution in [0.5, 0.6) is 0 Å². The van der Waals surface area contributed by atoms with E-state index in [0.29, 0.717) is 11.1 Å². The molecule has 6 heteroatoms. The fraction of sp³-hybridized carbons (Fsp3) is 0.381. The number of para-hydroxylation sites is 1. The van der Waals surface area contributed by atoms with E-state index in [9.17, 15) is 13.2 Å². The van der Waals surface area contributed by atoms with E-state index in [2.05, 4.69) is 19.2 Å². The second kappa shape index (κ2) is 7.82. The van der Waals surface area contributed by atoms with Gasteiger partial charge in [-0.1, -0.05) is 32.0 Å². The average Bonchev–Trinajstić information content (AvgIpc) is 2.58. The summed E-state index contributed by atoms with van der Waals surface area (Å²) in [5.74, 6) is -0.0610. The van der Waals surface area contributed by atoms with Crippen LogP contribution in [0.15, 0.2) is 35.2 Å². The fourth-order valence-electron chi connectivity index (χ4n) is 2.95. The van der Waals surface area contributed by atoms with E-state index in [1.165, 1.54) is 20.2 Å². The summed E-state index contributed by atoms with van der Waals surface area (Å²) in [5, 5.41) is 2.98. The predicted molar refractivity (Wildman–Crippen MR) is 110 cm³/mol. The van der Waals surface area contributed by atoms with Crippen molar-refractivity contribution < 1.29 is 13.2 Å². The maximum Gasteiger partial charge on any atom is 0.255 e. The van der Waals surface area contributed by atoms with Gasteiger partial charge in [0, 0.05) is 25.3 Å². The van der Waals surface area contributed by atoms with Gasteiger partial charge in [-0.3, -0.25) is 4.79 Å². The molecule has 146 valence electrons. The number of carbonyl (C=O) groups excluding carboxylic acids is 1. The summed E-state index contributed by atoms with van der Waals surface area (Å²) in [6.07, 6.45) is 0. The van der Waals surface area contributed by atoms with E-state index in [1.54, 1.807) is 13.0 Å². The number of aryl methyl sites for hydroxylation is 2. The molecule has 1 N–H and O–H groups in total. The molecule has 0 unspecified atom stereocenters. The zero-order valence-electron chi connectivity index (χ0n) is 17.0. The average molecular weight is 389 g/mol. The molecule has 0 aliphatic heterocycles. The van der Waals surface area contributed by atoms with Crippen molar-refractivity contribution in [2.24, 2.45) is 0 Å². The molecular weight excluding hydrogens is 360 g/mol. The summed E-state index contributed by atoms with van der Waals surface area (Å²) < 4.78 is 26.4. The molecule has 0 saturated heterocycles. The van der Waals surface area contributed by atoms with E-state index >= 15 is 0 Å². The molecule has 2 aromatic rings. The number of anilines is 1. The Morgan fingerprint density at radius 3 is 2.22 bits per heavy atom. The Labute approximate surface area is 162 Å². The first-order chi connectivity index (χ1) is 12.5. The van der Waals surface area contributed by atoms with Gasteiger partial charge in [-0.25, -0.2) is 12.7 Å². The Kier molecular flexibility index (Phi) is 6.12. The number of hydrogen-bond acceptors (Lipinski definition) is 3. The van der Waals surface area contributed by atoms with Gasteiger partial charge in [0.25, 0.3) is 5.91 Å². The van der Waals surface area contributed by atoms with Gasteiger partial charge in [-0.15, -0.1) is 0 Å².